The number of allylic oxidation sites excluding steroid dienone is 4. The van der Waals surface area contributed by atoms with Gasteiger partial charge >= 0.3 is 0 Å². The summed E-state index contributed by atoms with van der Waals surface area (Å²) in [6.07, 6.45) is 9.18. The Morgan fingerprint density at radius 2 is 1.91 bits per heavy atom. The Kier molecular flexibility index (Phi) is 4.80. The van der Waals surface area contributed by atoms with Gasteiger partial charge in [-0.1, -0.05) is 42.5 Å². The van der Waals surface area contributed by atoms with E-state index in [2.05, 4.69) is 11.0 Å². The van der Waals surface area contributed by atoms with Crippen LogP contribution in [0.4, 0.5) is 0 Å². The molecule has 3 heteroatoms. The van der Waals surface area contributed by atoms with Gasteiger partial charge in [-0.05, 0) is 49.9 Å². The summed E-state index contributed by atoms with van der Waals surface area (Å²) in [6, 6.07) is 10.0. The van der Waals surface area contributed by atoms with Crippen molar-refractivity contribution in [1.82, 2.24) is 4.90 Å². The number of benzene rings is 1. The summed E-state index contributed by atoms with van der Waals surface area (Å²) in [4.78, 5) is 13.6. The Morgan fingerprint density at radius 1 is 1.18 bits per heavy atom. The molecule has 1 aliphatic heterocycles. The van der Waals surface area contributed by atoms with Gasteiger partial charge in [0.05, 0.1) is 4.87 Å². The van der Waals surface area contributed by atoms with Crippen molar-refractivity contribution in [3.8, 4) is 0 Å². The van der Waals surface area contributed by atoms with Gasteiger partial charge in [0, 0.05) is 12.1 Å². The van der Waals surface area contributed by atoms with E-state index in [1.54, 1.807) is 0 Å². The van der Waals surface area contributed by atoms with E-state index in [-0.39, 0.29) is 0 Å². The van der Waals surface area contributed by atoms with Crippen LogP contribution in [0.15, 0.2) is 48.1 Å². The van der Waals surface area contributed by atoms with Gasteiger partial charge in [0.25, 0.3) is 0 Å². The van der Waals surface area contributed by atoms with Gasteiger partial charge in [-0.3, -0.25) is 4.79 Å². The van der Waals surface area contributed by atoms with E-state index in [9.17, 15) is 4.79 Å². The van der Waals surface area contributed by atoms with Crippen LogP contribution in [0, 0.1) is 0 Å². The van der Waals surface area contributed by atoms with Crippen molar-refractivity contribution < 1.29 is 4.79 Å². The highest BCUT2D eigenvalue weighted by atomic mass is 35.5. The normalized spacial score (nSPS) is 25.7. The SMILES string of the molecule is O=CC1=C(c2ccccc2)C=CC(Cl)(CCN2CCCC2)C1. The molecule has 1 atom stereocenters. The highest BCUT2D eigenvalue weighted by Crippen LogP contribution is 2.38. The molecule has 0 spiro atoms. The lowest BCUT2D eigenvalue weighted by molar-refractivity contribution is -0.105. The second-order valence-electron chi connectivity index (χ2n) is 6.27. The largest absolute Gasteiger partial charge is 0.303 e. The quantitative estimate of drug-likeness (QED) is 0.603. The van der Waals surface area contributed by atoms with Crippen molar-refractivity contribution in [3.05, 3.63) is 53.6 Å². The first-order valence-electron chi connectivity index (χ1n) is 8.04. The molecule has 3 rings (SSSR count). The fourth-order valence-electron chi connectivity index (χ4n) is 3.34. The molecular formula is C19H22ClNO. The van der Waals surface area contributed by atoms with E-state index < -0.39 is 4.87 Å². The van der Waals surface area contributed by atoms with Crippen LogP contribution in [-0.4, -0.2) is 35.7 Å². The Balaban J connectivity index is 1.73. The molecule has 22 heavy (non-hydrogen) atoms. The highest BCUT2D eigenvalue weighted by molar-refractivity contribution is 6.26. The zero-order valence-corrected chi connectivity index (χ0v) is 13.6. The lowest BCUT2D eigenvalue weighted by atomic mass is 9.85. The first kappa shape index (κ1) is 15.5. The molecule has 0 saturated carbocycles. The van der Waals surface area contributed by atoms with Crippen molar-refractivity contribution in [2.24, 2.45) is 0 Å². The predicted octanol–water partition coefficient (Wildman–Crippen LogP) is 4.06. The number of carbonyl (C=O) groups is 1. The zero-order valence-electron chi connectivity index (χ0n) is 12.8. The fraction of sp³-hybridized carbons (Fsp3) is 0.421. The van der Waals surface area contributed by atoms with Gasteiger partial charge in [-0.15, -0.1) is 11.6 Å². The molecular weight excluding hydrogens is 294 g/mol. The lowest BCUT2D eigenvalue weighted by Crippen LogP contribution is -2.30. The van der Waals surface area contributed by atoms with Gasteiger partial charge in [0.2, 0.25) is 0 Å². The average Bonchev–Trinajstić information content (AvgIpc) is 3.07. The Bertz CT molecular complexity index is 587. The van der Waals surface area contributed by atoms with E-state index in [1.165, 1.54) is 25.9 Å². The minimum Gasteiger partial charge on any atom is -0.303 e. The molecule has 1 heterocycles. The predicted molar refractivity (Wildman–Crippen MR) is 92.1 cm³/mol. The molecule has 0 amide bonds. The molecule has 2 nitrogen and oxygen atoms in total. The minimum absolute atomic E-state index is 0.420. The van der Waals surface area contributed by atoms with Crippen molar-refractivity contribution in [2.75, 3.05) is 19.6 Å². The number of halogens is 1. The number of rotatable bonds is 5. The third-order valence-electron chi connectivity index (χ3n) is 4.65. The fourth-order valence-corrected chi connectivity index (χ4v) is 3.63. The third kappa shape index (κ3) is 3.50. The zero-order chi connectivity index (χ0) is 15.4. The van der Waals surface area contributed by atoms with Crippen LogP contribution in [0.3, 0.4) is 0 Å². The molecule has 1 aromatic carbocycles. The monoisotopic (exact) mass is 315 g/mol. The maximum absolute atomic E-state index is 11.5. The van der Waals surface area contributed by atoms with Crippen LogP contribution in [0.25, 0.3) is 5.57 Å². The Hall–Kier alpha value is -1.38. The van der Waals surface area contributed by atoms with E-state index in [0.717, 1.165) is 36.0 Å². The Labute approximate surface area is 137 Å². The third-order valence-corrected chi connectivity index (χ3v) is 5.10. The topological polar surface area (TPSA) is 20.3 Å². The summed E-state index contributed by atoms with van der Waals surface area (Å²) >= 11 is 6.77. The second kappa shape index (κ2) is 6.80. The molecule has 1 unspecified atom stereocenters. The molecule has 0 N–H and O–H groups in total. The maximum atomic E-state index is 11.5. The lowest BCUT2D eigenvalue weighted by Gasteiger charge is -2.30. The maximum Gasteiger partial charge on any atom is 0.146 e. The first-order chi connectivity index (χ1) is 10.7. The van der Waals surface area contributed by atoms with Crippen molar-refractivity contribution in [1.29, 1.82) is 0 Å². The summed E-state index contributed by atoms with van der Waals surface area (Å²) in [5.41, 5.74) is 2.90. The molecule has 1 saturated heterocycles. The van der Waals surface area contributed by atoms with E-state index in [0.29, 0.717) is 6.42 Å². The van der Waals surface area contributed by atoms with Crippen LogP contribution in [0.1, 0.15) is 31.2 Å². The summed E-state index contributed by atoms with van der Waals surface area (Å²) < 4.78 is 0. The number of hydrogen-bond donors (Lipinski definition) is 0. The summed E-state index contributed by atoms with van der Waals surface area (Å²) in [5.74, 6) is 0. The van der Waals surface area contributed by atoms with Crippen LogP contribution in [0.5, 0.6) is 0 Å². The van der Waals surface area contributed by atoms with E-state index in [1.807, 2.05) is 36.4 Å². The van der Waals surface area contributed by atoms with Gasteiger partial charge in [-0.25, -0.2) is 0 Å². The molecule has 0 bridgehead atoms. The van der Waals surface area contributed by atoms with Crippen molar-refractivity contribution >= 4 is 23.5 Å². The van der Waals surface area contributed by atoms with Gasteiger partial charge < -0.3 is 4.90 Å². The van der Waals surface area contributed by atoms with Crippen LogP contribution >= 0.6 is 11.6 Å². The molecule has 1 fully saturated rings. The summed E-state index contributed by atoms with van der Waals surface area (Å²) in [5, 5.41) is 0. The smallest absolute Gasteiger partial charge is 0.146 e. The molecule has 2 aliphatic rings. The molecule has 0 radical (unpaired) electrons. The number of aldehydes is 1. The molecule has 1 aliphatic carbocycles. The second-order valence-corrected chi connectivity index (χ2v) is 7.02. The summed E-state index contributed by atoms with van der Waals surface area (Å²) in [6.45, 7) is 3.38. The Morgan fingerprint density at radius 3 is 2.59 bits per heavy atom. The first-order valence-corrected chi connectivity index (χ1v) is 8.42. The van der Waals surface area contributed by atoms with Crippen LogP contribution in [0.2, 0.25) is 0 Å². The highest BCUT2D eigenvalue weighted by Gasteiger charge is 2.30. The number of carbonyl (C=O) groups excluding carboxylic acids is 1. The van der Waals surface area contributed by atoms with Gasteiger partial charge in [0.1, 0.15) is 6.29 Å². The number of alkyl halides is 1. The summed E-state index contributed by atoms with van der Waals surface area (Å²) in [7, 11) is 0. The van der Waals surface area contributed by atoms with Gasteiger partial charge in [-0.2, -0.15) is 0 Å². The molecule has 0 aromatic heterocycles. The number of hydrogen-bond acceptors (Lipinski definition) is 2. The van der Waals surface area contributed by atoms with Crippen molar-refractivity contribution in [3.63, 3.8) is 0 Å². The average molecular weight is 316 g/mol. The van der Waals surface area contributed by atoms with Crippen molar-refractivity contribution in [2.45, 2.75) is 30.6 Å². The van der Waals surface area contributed by atoms with E-state index >= 15 is 0 Å². The minimum atomic E-state index is -0.420. The van der Waals surface area contributed by atoms with Crippen LogP contribution in [-0.2, 0) is 4.79 Å². The molecule has 1 aromatic rings. The van der Waals surface area contributed by atoms with E-state index in [4.69, 9.17) is 11.6 Å². The number of likely N-dealkylation sites (tertiary alicyclic amines) is 1. The standard InChI is InChI=1S/C19H22ClNO/c20-19(10-13-21-11-4-5-12-21)9-8-18(17(14-19)15-22)16-6-2-1-3-7-16/h1-3,6-9,15H,4-5,10-14H2. The van der Waals surface area contributed by atoms with Gasteiger partial charge in [0.15, 0.2) is 0 Å². The number of nitrogens with zero attached hydrogens (tertiary/aromatic N) is 1. The van der Waals surface area contributed by atoms with Crippen LogP contribution < -0.4 is 0 Å². The molecule has 116 valence electrons.